The fourth-order valence-corrected chi connectivity index (χ4v) is 2.86. The summed E-state index contributed by atoms with van der Waals surface area (Å²) in [7, 11) is 1.63. The lowest BCUT2D eigenvalue weighted by Crippen LogP contribution is -2.40. The van der Waals surface area contributed by atoms with E-state index in [1.54, 1.807) is 7.05 Å². The molecule has 1 atom stereocenters. The number of hydrogen-bond donors (Lipinski definition) is 2. The molecule has 5 nitrogen and oxygen atoms in total. The third kappa shape index (κ3) is 6.08. The summed E-state index contributed by atoms with van der Waals surface area (Å²) < 4.78 is 0. The summed E-state index contributed by atoms with van der Waals surface area (Å²) in [6.45, 7) is 6.02. The number of hydrogen-bond acceptors (Lipinski definition) is 3. The minimum atomic E-state index is -0.214. The van der Waals surface area contributed by atoms with E-state index in [0.29, 0.717) is 5.02 Å². The molecule has 27 heavy (non-hydrogen) atoms. The van der Waals surface area contributed by atoms with Crippen molar-refractivity contribution in [2.45, 2.75) is 26.8 Å². The van der Waals surface area contributed by atoms with Gasteiger partial charge in [-0.25, -0.2) is 0 Å². The SMILES string of the molecule is Cc1cccc(C)c1NC(=O)CN(C)C(=O)CN[C@@H](C)c1ccc(Cl)cc1. The van der Waals surface area contributed by atoms with E-state index in [1.807, 2.05) is 63.2 Å². The Labute approximate surface area is 165 Å². The van der Waals surface area contributed by atoms with Crippen LogP contribution in [-0.4, -0.2) is 36.9 Å². The molecule has 2 amide bonds. The van der Waals surface area contributed by atoms with E-state index in [2.05, 4.69) is 10.6 Å². The normalized spacial score (nSPS) is 11.7. The van der Waals surface area contributed by atoms with Crippen molar-refractivity contribution in [1.29, 1.82) is 0 Å². The zero-order chi connectivity index (χ0) is 20.0. The average Bonchev–Trinajstić information content (AvgIpc) is 2.63. The fraction of sp³-hybridized carbons (Fsp3) is 0.333. The van der Waals surface area contributed by atoms with Gasteiger partial charge in [-0.1, -0.05) is 41.9 Å². The first-order valence-electron chi connectivity index (χ1n) is 8.87. The molecule has 0 bridgehead atoms. The molecule has 0 aromatic heterocycles. The van der Waals surface area contributed by atoms with E-state index in [0.717, 1.165) is 22.4 Å². The zero-order valence-corrected chi connectivity index (χ0v) is 16.9. The van der Waals surface area contributed by atoms with Gasteiger partial charge in [-0.3, -0.25) is 9.59 Å². The van der Waals surface area contributed by atoms with Gasteiger partial charge < -0.3 is 15.5 Å². The molecule has 2 N–H and O–H groups in total. The molecule has 0 saturated carbocycles. The molecule has 2 aromatic rings. The Morgan fingerprint density at radius 2 is 1.67 bits per heavy atom. The third-order valence-electron chi connectivity index (χ3n) is 4.48. The molecule has 0 fully saturated rings. The lowest BCUT2D eigenvalue weighted by molar-refractivity contribution is -0.132. The number of benzene rings is 2. The van der Waals surface area contributed by atoms with E-state index in [1.165, 1.54) is 4.90 Å². The highest BCUT2D eigenvalue weighted by Gasteiger charge is 2.15. The minimum Gasteiger partial charge on any atom is -0.335 e. The number of carbonyl (C=O) groups is 2. The van der Waals surface area contributed by atoms with Gasteiger partial charge in [0.25, 0.3) is 0 Å². The summed E-state index contributed by atoms with van der Waals surface area (Å²) >= 11 is 5.89. The number of anilines is 1. The Bertz CT molecular complexity index is 785. The van der Waals surface area contributed by atoms with E-state index in [9.17, 15) is 9.59 Å². The molecule has 0 unspecified atom stereocenters. The standard InChI is InChI=1S/C21H26ClN3O2/c1-14-6-5-7-15(2)21(14)24-19(26)13-25(4)20(27)12-23-16(3)17-8-10-18(22)11-9-17/h5-11,16,23H,12-13H2,1-4H3,(H,24,26)/t16-/m0/s1. The summed E-state index contributed by atoms with van der Waals surface area (Å²) in [6, 6.07) is 13.3. The number of carbonyl (C=O) groups excluding carboxylic acids is 2. The first-order valence-corrected chi connectivity index (χ1v) is 9.24. The summed E-state index contributed by atoms with van der Waals surface area (Å²) in [5.41, 5.74) is 3.84. The number of nitrogens with zero attached hydrogens (tertiary/aromatic N) is 1. The molecule has 0 aliphatic rings. The van der Waals surface area contributed by atoms with Crippen LogP contribution in [0.4, 0.5) is 5.69 Å². The van der Waals surface area contributed by atoms with Crippen LogP contribution in [0.15, 0.2) is 42.5 Å². The van der Waals surface area contributed by atoms with Crippen molar-refractivity contribution in [2.24, 2.45) is 0 Å². The lowest BCUT2D eigenvalue weighted by atomic mass is 10.1. The molecular formula is C21H26ClN3O2. The maximum absolute atomic E-state index is 12.3. The van der Waals surface area contributed by atoms with Crippen LogP contribution in [0.2, 0.25) is 5.02 Å². The van der Waals surface area contributed by atoms with Crippen molar-refractivity contribution in [1.82, 2.24) is 10.2 Å². The number of likely N-dealkylation sites (N-methyl/N-ethyl adjacent to an activating group) is 1. The maximum Gasteiger partial charge on any atom is 0.243 e. The predicted octanol–water partition coefficient (Wildman–Crippen LogP) is 3.70. The van der Waals surface area contributed by atoms with Crippen molar-refractivity contribution in [3.63, 3.8) is 0 Å². The van der Waals surface area contributed by atoms with Gasteiger partial charge in [0.05, 0.1) is 13.1 Å². The van der Waals surface area contributed by atoms with Crippen LogP contribution < -0.4 is 10.6 Å². The van der Waals surface area contributed by atoms with E-state index in [-0.39, 0.29) is 30.9 Å². The minimum absolute atomic E-state index is 0.00283. The number of nitrogens with one attached hydrogen (secondary N) is 2. The molecule has 2 rings (SSSR count). The molecule has 0 aliphatic carbocycles. The van der Waals surface area contributed by atoms with Gasteiger partial charge in [-0.15, -0.1) is 0 Å². The van der Waals surface area contributed by atoms with Crippen LogP contribution >= 0.6 is 11.6 Å². The van der Waals surface area contributed by atoms with Crippen molar-refractivity contribution in [2.75, 3.05) is 25.5 Å². The molecule has 2 aromatic carbocycles. The van der Waals surface area contributed by atoms with Crippen molar-refractivity contribution < 1.29 is 9.59 Å². The second kappa shape index (κ2) is 9.53. The van der Waals surface area contributed by atoms with Gasteiger partial charge in [0.2, 0.25) is 11.8 Å². The van der Waals surface area contributed by atoms with Crippen molar-refractivity contribution in [3.05, 3.63) is 64.2 Å². The third-order valence-corrected chi connectivity index (χ3v) is 4.73. The van der Waals surface area contributed by atoms with E-state index < -0.39 is 0 Å². The van der Waals surface area contributed by atoms with Crippen molar-refractivity contribution >= 4 is 29.1 Å². The van der Waals surface area contributed by atoms with E-state index >= 15 is 0 Å². The highest BCUT2D eigenvalue weighted by atomic mass is 35.5. The van der Waals surface area contributed by atoms with Crippen LogP contribution in [0.1, 0.15) is 29.7 Å². The van der Waals surface area contributed by atoms with Gasteiger partial charge in [-0.05, 0) is 49.6 Å². The van der Waals surface area contributed by atoms with E-state index in [4.69, 9.17) is 11.6 Å². The number of rotatable bonds is 7. The summed E-state index contributed by atoms with van der Waals surface area (Å²) in [5.74, 6) is -0.360. The van der Waals surface area contributed by atoms with Gasteiger partial charge >= 0.3 is 0 Å². The van der Waals surface area contributed by atoms with Gasteiger partial charge in [0.1, 0.15) is 0 Å². The summed E-state index contributed by atoms with van der Waals surface area (Å²) in [5, 5.41) is 6.75. The Balaban J connectivity index is 1.84. The Morgan fingerprint density at radius 1 is 1.07 bits per heavy atom. The Kier molecular flexibility index (Phi) is 7.39. The number of para-hydroxylation sites is 1. The number of aryl methyl sites for hydroxylation is 2. The summed E-state index contributed by atoms with van der Waals surface area (Å²) in [4.78, 5) is 26.0. The molecule has 0 saturated heterocycles. The topological polar surface area (TPSA) is 61.4 Å². The highest BCUT2D eigenvalue weighted by molar-refractivity contribution is 6.30. The summed E-state index contributed by atoms with van der Waals surface area (Å²) in [6.07, 6.45) is 0. The average molecular weight is 388 g/mol. The second-order valence-corrected chi connectivity index (χ2v) is 7.16. The number of amides is 2. The molecular weight excluding hydrogens is 362 g/mol. The lowest BCUT2D eigenvalue weighted by Gasteiger charge is -2.20. The predicted molar refractivity (Wildman–Crippen MR) is 110 cm³/mol. The molecule has 0 aliphatic heterocycles. The Morgan fingerprint density at radius 3 is 2.26 bits per heavy atom. The fourth-order valence-electron chi connectivity index (χ4n) is 2.74. The Hall–Kier alpha value is -2.37. The quantitative estimate of drug-likeness (QED) is 0.761. The van der Waals surface area contributed by atoms with Crippen molar-refractivity contribution in [3.8, 4) is 0 Å². The van der Waals surface area contributed by atoms with Crippen LogP contribution in [0.5, 0.6) is 0 Å². The van der Waals surface area contributed by atoms with Gasteiger partial charge in [0, 0.05) is 23.8 Å². The zero-order valence-electron chi connectivity index (χ0n) is 16.2. The molecule has 0 radical (unpaired) electrons. The smallest absolute Gasteiger partial charge is 0.243 e. The maximum atomic E-state index is 12.3. The van der Waals surface area contributed by atoms with Crippen LogP contribution in [0.25, 0.3) is 0 Å². The molecule has 6 heteroatoms. The molecule has 144 valence electrons. The second-order valence-electron chi connectivity index (χ2n) is 6.72. The largest absolute Gasteiger partial charge is 0.335 e. The van der Waals surface area contributed by atoms with Crippen LogP contribution in [0, 0.1) is 13.8 Å². The monoisotopic (exact) mass is 387 g/mol. The van der Waals surface area contributed by atoms with Gasteiger partial charge in [0.15, 0.2) is 0 Å². The highest BCUT2D eigenvalue weighted by Crippen LogP contribution is 2.19. The molecule has 0 heterocycles. The van der Waals surface area contributed by atoms with Crippen LogP contribution in [0.3, 0.4) is 0 Å². The first-order chi connectivity index (χ1) is 12.8. The first kappa shape index (κ1) is 20.9. The number of halogens is 1. The molecule has 0 spiro atoms. The van der Waals surface area contributed by atoms with Gasteiger partial charge in [-0.2, -0.15) is 0 Å². The van der Waals surface area contributed by atoms with Crippen LogP contribution in [-0.2, 0) is 9.59 Å².